The van der Waals surface area contributed by atoms with Gasteiger partial charge >= 0.3 is 5.97 Å². The summed E-state index contributed by atoms with van der Waals surface area (Å²) >= 11 is 0. The van der Waals surface area contributed by atoms with E-state index in [1.165, 1.54) is 0 Å². The van der Waals surface area contributed by atoms with E-state index in [1.54, 1.807) is 19.1 Å². The zero-order chi connectivity index (χ0) is 12.6. The van der Waals surface area contributed by atoms with E-state index >= 15 is 0 Å². The number of nitrogens with zero attached hydrogens (tertiary/aromatic N) is 1. The van der Waals surface area contributed by atoms with Crippen LogP contribution in [0, 0.1) is 0 Å². The van der Waals surface area contributed by atoms with Gasteiger partial charge in [-0.2, -0.15) is 0 Å². The summed E-state index contributed by atoms with van der Waals surface area (Å²) in [5.74, 6) is -0.966. The van der Waals surface area contributed by atoms with Crippen LogP contribution in [0.3, 0.4) is 0 Å². The zero-order valence-electron chi connectivity index (χ0n) is 9.84. The van der Waals surface area contributed by atoms with Crippen molar-refractivity contribution in [1.82, 2.24) is 4.57 Å². The van der Waals surface area contributed by atoms with Crippen molar-refractivity contribution in [1.29, 1.82) is 0 Å². The highest BCUT2D eigenvalue weighted by atomic mass is 16.4. The number of fused-ring (bicyclic) bond motifs is 1. The van der Waals surface area contributed by atoms with Crippen molar-refractivity contribution in [3.8, 4) is 0 Å². The Kier molecular flexibility index (Phi) is 2.90. The van der Waals surface area contributed by atoms with Gasteiger partial charge in [0.2, 0.25) is 0 Å². The molecule has 0 aliphatic carbocycles. The summed E-state index contributed by atoms with van der Waals surface area (Å²) < 4.78 is 1.95. The first kappa shape index (κ1) is 11.7. The number of hydrogen-bond acceptors (Lipinski definition) is 2. The summed E-state index contributed by atoms with van der Waals surface area (Å²) in [4.78, 5) is 11.2. The summed E-state index contributed by atoms with van der Waals surface area (Å²) in [5, 5.41) is 19.5. The van der Waals surface area contributed by atoms with Crippen molar-refractivity contribution in [2.75, 3.05) is 0 Å². The Labute approximate surface area is 99.1 Å². The molecule has 2 aromatic rings. The van der Waals surface area contributed by atoms with E-state index in [4.69, 9.17) is 0 Å². The van der Waals surface area contributed by atoms with E-state index in [0.29, 0.717) is 10.9 Å². The van der Waals surface area contributed by atoms with Crippen molar-refractivity contribution in [2.45, 2.75) is 26.5 Å². The molecule has 0 saturated heterocycles. The summed E-state index contributed by atoms with van der Waals surface area (Å²) in [5.41, 5.74) is 1.76. The van der Waals surface area contributed by atoms with Crippen molar-refractivity contribution in [2.24, 2.45) is 0 Å². The molecule has 0 aliphatic rings. The second kappa shape index (κ2) is 4.22. The number of carboxylic acid groups (broad SMARTS) is 1. The highest BCUT2D eigenvalue weighted by molar-refractivity contribution is 6.04. The van der Waals surface area contributed by atoms with E-state index in [-0.39, 0.29) is 5.56 Å². The van der Waals surface area contributed by atoms with Crippen LogP contribution in [0.5, 0.6) is 0 Å². The minimum atomic E-state index is -0.966. The van der Waals surface area contributed by atoms with Gasteiger partial charge in [-0.05, 0) is 26.0 Å². The highest BCUT2D eigenvalue weighted by Gasteiger charge is 2.18. The molecule has 1 heterocycles. The number of carboxylic acids is 1. The van der Waals surface area contributed by atoms with Crippen LogP contribution in [-0.4, -0.2) is 20.7 Å². The fourth-order valence-corrected chi connectivity index (χ4v) is 2.14. The Bertz CT molecular complexity index is 569. The summed E-state index contributed by atoms with van der Waals surface area (Å²) in [6.07, 6.45) is 1.15. The maximum Gasteiger partial charge on any atom is 0.336 e. The van der Waals surface area contributed by atoms with Crippen LogP contribution in [0.4, 0.5) is 0 Å². The monoisotopic (exact) mass is 233 g/mol. The minimum absolute atomic E-state index is 0.241. The molecule has 1 aromatic carbocycles. The molecule has 0 amide bonds. The average molecular weight is 233 g/mol. The third kappa shape index (κ3) is 1.80. The molecule has 4 nitrogen and oxygen atoms in total. The first-order valence-corrected chi connectivity index (χ1v) is 5.59. The first-order valence-electron chi connectivity index (χ1n) is 5.59. The Balaban J connectivity index is 2.86. The lowest BCUT2D eigenvalue weighted by molar-refractivity contribution is 0.0699. The van der Waals surface area contributed by atoms with Crippen molar-refractivity contribution in [3.63, 3.8) is 0 Å². The van der Waals surface area contributed by atoms with Crippen LogP contribution in [0.15, 0.2) is 24.4 Å². The van der Waals surface area contributed by atoms with E-state index in [1.807, 2.05) is 23.8 Å². The Morgan fingerprint density at radius 3 is 2.71 bits per heavy atom. The van der Waals surface area contributed by atoms with Gasteiger partial charge in [-0.3, -0.25) is 0 Å². The average Bonchev–Trinajstić information content (AvgIpc) is 2.67. The number of aryl methyl sites for hydroxylation is 1. The molecule has 1 unspecified atom stereocenters. The van der Waals surface area contributed by atoms with Gasteiger partial charge in [0.15, 0.2) is 0 Å². The molecule has 90 valence electrons. The largest absolute Gasteiger partial charge is 0.478 e. The standard InChI is InChI=1S/C13H15NO3/c1-3-14-7-10(8(2)15)12-9(13(16)17)5-4-6-11(12)14/h4-8,15H,3H2,1-2H3,(H,16,17). The molecule has 17 heavy (non-hydrogen) atoms. The maximum absolute atomic E-state index is 11.2. The predicted octanol–water partition coefficient (Wildman–Crippen LogP) is 2.41. The van der Waals surface area contributed by atoms with Gasteiger partial charge in [0.05, 0.1) is 11.7 Å². The van der Waals surface area contributed by atoms with Crippen LogP contribution < -0.4 is 0 Å². The SMILES string of the molecule is CCn1cc(C(C)O)c2c(C(=O)O)cccc21. The molecule has 0 fully saturated rings. The lowest BCUT2D eigenvalue weighted by atomic mass is 10.0. The molecular formula is C13H15NO3. The predicted molar refractivity (Wildman–Crippen MR) is 65.2 cm³/mol. The fraction of sp³-hybridized carbons (Fsp3) is 0.308. The number of aromatic nitrogens is 1. The van der Waals surface area contributed by atoms with E-state index < -0.39 is 12.1 Å². The van der Waals surface area contributed by atoms with E-state index in [0.717, 1.165) is 12.1 Å². The molecule has 0 spiro atoms. The van der Waals surface area contributed by atoms with Gasteiger partial charge < -0.3 is 14.8 Å². The van der Waals surface area contributed by atoms with Crippen LogP contribution in [0.2, 0.25) is 0 Å². The van der Waals surface area contributed by atoms with E-state index in [9.17, 15) is 15.0 Å². The Hall–Kier alpha value is -1.81. The summed E-state index contributed by atoms with van der Waals surface area (Å²) in [6.45, 7) is 4.37. The number of hydrogen-bond donors (Lipinski definition) is 2. The van der Waals surface area contributed by atoms with Crippen molar-refractivity contribution in [3.05, 3.63) is 35.5 Å². The number of rotatable bonds is 3. The van der Waals surface area contributed by atoms with E-state index in [2.05, 4.69) is 0 Å². The van der Waals surface area contributed by atoms with Gasteiger partial charge in [-0.15, -0.1) is 0 Å². The van der Waals surface area contributed by atoms with Gasteiger partial charge in [0.1, 0.15) is 0 Å². The fourth-order valence-electron chi connectivity index (χ4n) is 2.14. The zero-order valence-corrected chi connectivity index (χ0v) is 9.84. The second-order valence-electron chi connectivity index (χ2n) is 4.05. The quantitative estimate of drug-likeness (QED) is 0.855. The number of aliphatic hydroxyl groups is 1. The normalized spacial score (nSPS) is 12.9. The molecule has 0 aliphatic heterocycles. The van der Waals surface area contributed by atoms with Gasteiger partial charge in [0.25, 0.3) is 0 Å². The smallest absolute Gasteiger partial charge is 0.336 e. The first-order chi connectivity index (χ1) is 8.06. The molecule has 1 aromatic heterocycles. The van der Waals surface area contributed by atoms with Crippen LogP contribution in [-0.2, 0) is 6.54 Å². The van der Waals surface area contributed by atoms with Crippen molar-refractivity contribution < 1.29 is 15.0 Å². The van der Waals surface area contributed by atoms with Crippen LogP contribution in [0.25, 0.3) is 10.9 Å². The Morgan fingerprint density at radius 1 is 1.47 bits per heavy atom. The molecular weight excluding hydrogens is 218 g/mol. The second-order valence-corrected chi connectivity index (χ2v) is 4.05. The third-order valence-electron chi connectivity index (χ3n) is 2.96. The Morgan fingerprint density at radius 2 is 2.18 bits per heavy atom. The number of benzene rings is 1. The maximum atomic E-state index is 11.2. The summed E-state index contributed by atoms with van der Waals surface area (Å²) in [7, 11) is 0. The molecule has 2 N–H and O–H groups in total. The molecule has 0 bridgehead atoms. The number of aromatic carboxylic acids is 1. The molecule has 0 radical (unpaired) electrons. The van der Waals surface area contributed by atoms with Gasteiger partial charge in [-0.25, -0.2) is 4.79 Å². The summed E-state index contributed by atoms with van der Waals surface area (Å²) in [6, 6.07) is 5.16. The lowest BCUT2D eigenvalue weighted by Crippen LogP contribution is -1.99. The topological polar surface area (TPSA) is 62.5 Å². The van der Waals surface area contributed by atoms with Crippen LogP contribution in [0.1, 0.15) is 35.9 Å². The third-order valence-corrected chi connectivity index (χ3v) is 2.96. The molecule has 2 rings (SSSR count). The highest BCUT2D eigenvalue weighted by Crippen LogP contribution is 2.29. The number of aliphatic hydroxyl groups excluding tert-OH is 1. The molecule has 4 heteroatoms. The van der Waals surface area contributed by atoms with Crippen molar-refractivity contribution >= 4 is 16.9 Å². The van der Waals surface area contributed by atoms with Crippen LogP contribution >= 0.6 is 0 Å². The lowest BCUT2D eigenvalue weighted by Gasteiger charge is -2.04. The minimum Gasteiger partial charge on any atom is -0.478 e. The van der Waals surface area contributed by atoms with Gasteiger partial charge in [-0.1, -0.05) is 6.07 Å². The molecule has 0 saturated carbocycles. The van der Waals surface area contributed by atoms with Gasteiger partial charge in [0, 0.05) is 29.2 Å². The molecule has 1 atom stereocenters. The number of carbonyl (C=O) groups is 1.